The standard InChI is InChI=1S/C18H23N3O2S/c1-3-10-21-17(14-6-7-14)19-20-18(21)24-12-15(22)11-23-16-8-4-13(2)5-9-16/h3-5,8-9,14-15,22H,1,6-7,10-12H2,2H3/t15-/m1/s1. The van der Waals surface area contributed by atoms with Crippen LogP contribution in [0.4, 0.5) is 0 Å². The van der Waals surface area contributed by atoms with E-state index in [2.05, 4.69) is 21.3 Å². The zero-order valence-electron chi connectivity index (χ0n) is 13.9. The lowest BCUT2D eigenvalue weighted by molar-refractivity contribution is 0.126. The minimum Gasteiger partial charge on any atom is -0.491 e. The van der Waals surface area contributed by atoms with Gasteiger partial charge in [0.15, 0.2) is 5.16 Å². The summed E-state index contributed by atoms with van der Waals surface area (Å²) in [5.74, 6) is 2.88. The van der Waals surface area contributed by atoms with Gasteiger partial charge >= 0.3 is 0 Å². The van der Waals surface area contributed by atoms with E-state index in [0.29, 0.717) is 18.2 Å². The van der Waals surface area contributed by atoms with E-state index in [1.165, 1.54) is 30.2 Å². The SMILES string of the molecule is C=CCn1c(SC[C@H](O)COc2ccc(C)cc2)nnc1C1CC1. The number of thioether (sulfide) groups is 1. The largest absolute Gasteiger partial charge is 0.491 e. The molecule has 5 nitrogen and oxygen atoms in total. The summed E-state index contributed by atoms with van der Waals surface area (Å²) in [5, 5.41) is 19.6. The van der Waals surface area contributed by atoms with Crippen molar-refractivity contribution in [2.45, 2.75) is 43.5 Å². The van der Waals surface area contributed by atoms with Crippen molar-refractivity contribution < 1.29 is 9.84 Å². The van der Waals surface area contributed by atoms with Gasteiger partial charge in [0.2, 0.25) is 0 Å². The van der Waals surface area contributed by atoms with E-state index in [1.54, 1.807) is 0 Å². The Kier molecular flexibility index (Phi) is 5.58. The second kappa shape index (κ2) is 7.85. The highest BCUT2D eigenvalue weighted by Gasteiger charge is 2.30. The van der Waals surface area contributed by atoms with Gasteiger partial charge in [0.25, 0.3) is 0 Å². The third-order valence-electron chi connectivity index (χ3n) is 3.87. The highest BCUT2D eigenvalue weighted by atomic mass is 32.2. The summed E-state index contributed by atoms with van der Waals surface area (Å²) in [7, 11) is 0. The summed E-state index contributed by atoms with van der Waals surface area (Å²) in [6.45, 7) is 6.81. The first-order valence-electron chi connectivity index (χ1n) is 8.21. The monoisotopic (exact) mass is 345 g/mol. The molecular formula is C18H23N3O2S. The van der Waals surface area contributed by atoms with Crippen LogP contribution in [0.15, 0.2) is 42.1 Å². The van der Waals surface area contributed by atoms with Crippen LogP contribution in [0.1, 0.15) is 30.1 Å². The van der Waals surface area contributed by atoms with Gasteiger partial charge in [0.1, 0.15) is 18.2 Å². The number of ether oxygens (including phenoxy) is 1. The van der Waals surface area contributed by atoms with Gasteiger partial charge in [-0.25, -0.2) is 0 Å². The molecule has 6 heteroatoms. The Morgan fingerprint density at radius 3 is 2.79 bits per heavy atom. The predicted molar refractivity (Wildman–Crippen MR) is 95.6 cm³/mol. The predicted octanol–water partition coefficient (Wildman–Crippen LogP) is 3.18. The molecule has 1 heterocycles. The molecule has 1 N–H and O–H groups in total. The van der Waals surface area contributed by atoms with Gasteiger partial charge in [0.05, 0.1) is 6.10 Å². The molecule has 1 aromatic heterocycles. The van der Waals surface area contributed by atoms with E-state index in [1.807, 2.05) is 37.3 Å². The highest BCUT2D eigenvalue weighted by molar-refractivity contribution is 7.99. The number of nitrogens with zero attached hydrogens (tertiary/aromatic N) is 3. The van der Waals surface area contributed by atoms with E-state index >= 15 is 0 Å². The van der Waals surface area contributed by atoms with Crippen LogP contribution in [0.25, 0.3) is 0 Å². The molecule has 1 aromatic carbocycles. The van der Waals surface area contributed by atoms with Crippen LogP contribution in [0, 0.1) is 6.92 Å². The van der Waals surface area contributed by atoms with Crippen LogP contribution in [0.5, 0.6) is 5.75 Å². The van der Waals surface area contributed by atoms with E-state index < -0.39 is 6.10 Å². The number of hydrogen-bond donors (Lipinski definition) is 1. The molecule has 1 fully saturated rings. The lowest BCUT2D eigenvalue weighted by Crippen LogP contribution is -2.20. The van der Waals surface area contributed by atoms with Gasteiger partial charge in [-0.2, -0.15) is 0 Å². The first-order chi connectivity index (χ1) is 11.7. The molecule has 0 aliphatic heterocycles. The first kappa shape index (κ1) is 17.0. The molecule has 0 spiro atoms. The minimum atomic E-state index is -0.561. The van der Waals surface area contributed by atoms with Gasteiger partial charge < -0.3 is 14.4 Å². The van der Waals surface area contributed by atoms with Crippen molar-refractivity contribution in [3.63, 3.8) is 0 Å². The molecule has 0 amide bonds. The van der Waals surface area contributed by atoms with Crippen molar-refractivity contribution in [2.24, 2.45) is 0 Å². The molecular weight excluding hydrogens is 322 g/mol. The number of aryl methyl sites for hydroxylation is 1. The van der Waals surface area contributed by atoms with E-state index in [0.717, 1.165) is 16.7 Å². The van der Waals surface area contributed by atoms with Crippen molar-refractivity contribution in [1.82, 2.24) is 14.8 Å². The van der Waals surface area contributed by atoms with Crippen LogP contribution >= 0.6 is 11.8 Å². The van der Waals surface area contributed by atoms with Crippen LogP contribution < -0.4 is 4.74 Å². The van der Waals surface area contributed by atoms with Crippen molar-refractivity contribution >= 4 is 11.8 Å². The number of allylic oxidation sites excluding steroid dienone is 1. The molecule has 1 atom stereocenters. The Hall–Kier alpha value is -1.79. The fourth-order valence-corrected chi connectivity index (χ4v) is 3.26. The minimum absolute atomic E-state index is 0.265. The molecule has 0 unspecified atom stereocenters. The molecule has 1 saturated carbocycles. The van der Waals surface area contributed by atoms with Crippen molar-refractivity contribution in [1.29, 1.82) is 0 Å². The Bertz CT molecular complexity index is 680. The molecule has 24 heavy (non-hydrogen) atoms. The van der Waals surface area contributed by atoms with E-state index in [4.69, 9.17) is 4.74 Å². The summed E-state index contributed by atoms with van der Waals surface area (Å²) in [4.78, 5) is 0. The maximum Gasteiger partial charge on any atom is 0.191 e. The molecule has 1 aliphatic carbocycles. The summed E-state index contributed by atoms with van der Waals surface area (Å²) in [5.41, 5.74) is 1.19. The molecule has 2 aromatic rings. The van der Waals surface area contributed by atoms with Crippen molar-refractivity contribution in [3.8, 4) is 5.75 Å². The number of rotatable bonds is 9. The van der Waals surface area contributed by atoms with Gasteiger partial charge in [-0.3, -0.25) is 0 Å². The average molecular weight is 345 g/mol. The molecule has 0 saturated heterocycles. The van der Waals surface area contributed by atoms with Crippen LogP contribution in [0.2, 0.25) is 0 Å². The van der Waals surface area contributed by atoms with Crippen LogP contribution in [-0.2, 0) is 6.54 Å². The summed E-state index contributed by atoms with van der Waals surface area (Å²) in [6.07, 6.45) is 3.67. The zero-order valence-corrected chi connectivity index (χ0v) is 14.7. The average Bonchev–Trinajstić information content (AvgIpc) is 3.35. The smallest absolute Gasteiger partial charge is 0.191 e. The number of aliphatic hydroxyl groups is 1. The van der Waals surface area contributed by atoms with Gasteiger partial charge in [-0.05, 0) is 31.9 Å². The summed E-state index contributed by atoms with van der Waals surface area (Å²) in [6, 6.07) is 7.82. The van der Waals surface area contributed by atoms with Gasteiger partial charge in [0, 0.05) is 18.2 Å². The quantitative estimate of drug-likeness (QED) is 0.559. The Labute approximate surface area is 146 Å². The fraction of sp³-hybridized carbons (Fsp3) is 0.444. The highest BCUT2D eigenvalue weighted by Crippen LogP contribution is 2.40. The first-order valence-corrected chi connectivity index (χ1v) is 9.20. The number of aliphatic hydroxyl groups excluding tert-OH is 1. The van der Waals surface area contributed by atoms with E-state index in [9.17, 15) is 5.11 Å². The summed E-state index contributed by atoms with van der Waals surface area (Å²) >= 11 is 1.51. The lowest BCUT2D eigenvalue weighted by atomic mass is 10.2. The topological polar surface area (TPSA) is 60.2 Å². The molecule has 0 radical (unpaired) electrons. The molecule has 3 rings (SSSR count). The fourth-order valence-electron chi connectivity index (χ4n) is 2.40. The molecule has 0 bridgehead atoms. The normalized spacial score (nSPS) is 15.2. The number of hydrogen-bond acceptors (Lipinski definition) is 5. The number of aromatic nitrogens is 3. The third kappa shape index (κ3) is 4.39. The Morgan fingerprint density at radius 2 is 2.12 bits per heavy atom. The zero-order chi connectivity index (χ0) is 16.9. The number of benzene rings is 1. The Morgan fingerprint density at radius 1 is 1.38 bits per heavy atom. The maximum atomic E-state index is 10.2. The lowest BCUT2D eigenvalue weighted by Gasteiger charge is -2.12. The van der Waals surface area contributed by atoms with Gasteiger partial charge in [-0.15, -0.1) is 16.8 Å². The second-order valence-electron chi connectivity index (χ2n) is 6.10. The van der Waals surface area contributed by atoms with Crippen LogP contribution in [-0.4, -0.2) is 38.3 Å². The second-order valence-corrected chi connectivity index (χ2v) is 7.09. The molecule has 128 valence electrons. The van der Waals surface area contributed by atoms with E-state index in [-0.39, 0.29) is 6.61 Å². The van der Waals surface area contributed by atoms with Crippen molar-refractivity contribution in [2.75, 3.05) is 12.4 Å². The van der Waals surface area contributed by atoms with Crippen molar-refractivity contribution in [3.05, 3.63) is 48.3 Å². The maximum absolute atomic E-state index is 10.2. The van der Waals surface area contributed by atoms with Gasteiger partial charge in [-0.1, -0.05) is 35.5 Å². The third-order valence-corrected chi connectivity index (χ3v) is 4.98. The summed E-state index contributed by atoms with van der Waals surface area (Å²) < 4.78 is 7.72. The van der Waals surface area contributed by atoms with Crippen LogP contribution in [0.3, 0.4) is 0 Å². The molecule has 1 aliphatic rings. The Balaban J connectivity index is 1.51.